The van der Waals surface area contributed by atoms with Crippen LogP contribution in [0.4, 0.5) is 0 Å². The number of hydrogen-bond acceptors (Lipinski definition) is 0. The van der Waals surface area contributed by atoms with E-state index in [-0.39, 0.29) is 0 Å². The first kappa shape index (κ1) is 8.47. The van der Waals surface area contributed by atoms with Gasteiger partial charge in [0.15, 0.2) is 0 Å². The Morgan fingerprint density at radius 2 is 1.78 bits per heavy atom. The molecule has 0 saturated heterocycles. The highest BCUT2D eigenvalue weighted by Crippen LogP contribution is 1.96. The van der Waals surface area contributed by atoms with Gasteiger partial charge >= 0.3 is 0 Å². The fourth-order valence-corrected chi connectivity index (χ4v) is 0.462. The highest BCUT2D eigenvalue weighted by atomic mass is 15.4. The molecule has 54 valence electrons. The predicted molar refractivity (Wildman–Crippen MR) is 41.0 cm³/mol. The molecule has 0 bridgehead atoms. The van der Waals surface area contributed by atoms with Crippen molar-refractivity contribution in [3.8, 4) is 0 Å². The van der Waals surface area contributed by atoms with E-state index >= 15 is 0 Å². The maximum absolute atomic E-state index is 4.27. The molecule has 0 radical (unpaired) electrons. The molecular formula is C7H16N2. The molecule has 9 heavy (non-hydrogen) atoms. The highest BCUT2D eigenvalue weighted by molar-refractivity contribution is 5.73. The summed E-state index contributed by atoms with van der Waals surface area (Å²) in [5.74, 6) is 0. The Morgan fingerprint density at radius 3 is 1.89 bits per heavy atom. The summed E-state index contributed by atoms with van der Waals surface area (Å²) in [5.41, 5.74) is 5.50. The van der Waals surface area contributed by atoms with Crippen molar-refractivity contribution in [2.24, 2.45) is 0 Å². The molecule has 0 unspecified atom stereocenters. The summed E-state index contributed by atoms with van der Waals surface area (Å²) >= 11 is 0. The number of hydrogen-bond donors (Lipinski definition) is 0. The van der Waals surface area contributed by atoms with Crippen LogP contribution in [0.5, 0.6) is 0 Å². The van der Waals surface area contributed by atoms with E-state index in [1.165, 1.54) is 5.71 Å². The van der Waals surface area contributed by atoms with Gasteiger partial charge in [-0.2, -0.15) is 0 Å². The third kappa shape index (κ3) is 4.01. The van der Waals surface area contributed by atoms with Gasteiger partial charge in [-0.15, -0.1) is 0 Å². The fraction of sp³-hybridized carbons (Fsp3) is 0.857. The minimum Gasteiger partial charge on any atom is -0.438 e. The Kier molecular flexibility index (Phi) is 3.28. The largest absolute Gasteiger partial charge is 0.438 e. The van der Waals surface area contributed by atoms with E-state index in [0.29, 0.717) is 6.04 Å². The summed E-state index contributed by atoms with van der Waals surface area (Å²) in [4.78, 5) is 0. The lowest BCUT2D eigenvalue weighted by Crippen LogP contribution is -2.11. The average molecular weight is 128 g/mol. The molecule has 0 atom stereocenters. The zero-order valence-corrected chi connectivity index (χ0v) is 6.97. The molecule has 0 heterocycles. The first-order chi connectivity index (χ1) is 4.04. The second kappa shape index (κ2) is 3.49. The molecule has 2 heteroatoms. The van der Waals surface area contributed by atoms with Crippen molar-refractivity contribution in [2.75, 3.05) is 7.05 Å². The third-order valence-electron chi connectivity index (χ3n) is 1.05. The van der Waals surface area contributed by atoms with Crippen LogP contribution in [0.15, 0.2) is 0 Å². The molecule has 0 aliphatic carbocycles. The van der Waals surface area contributed by atoms with Crippen LogP contribution in [0.3, 0.4) is 0 Å². The molecule has 0 rings (SSSR count). The molecule has 0 aromatic carbocycles. The van der Waals surface area contributed by atoms with Crippen molar-refractivity contribution < 1.29 is 4.68 Å². The summed E-state index contributed by atoms with van der Waals surface area (Å²) in [5, 5.41) is 0. The Balaban J connectivity index is 3.77. The number of rotatable bonds is 2. The molecule has 0 aromatic rings. The Labute approximate surface area is 57.6 Å². The van der Waals surface area contributed by atoms with E-state index in [1.54, 1.807) is 0 Å². The lowest BCUT2D eigenvalue weighted by Gasteiger charge is -2.19. The second-order valence-electron chi connectivity index (χ2n) is 2.68. The summed E-state index contributed by atoms with van der Waals surface area (Å²) in [7, 11) is 1.97. The van der Waals surface area contributed by atoms with Gasteiger partial charge in [-0.25, -0.2) is 0 Å². The van der Waals surface area contributed by atoms with E-state index in [4.69, 9.17) is 0 Å². The van der Waals surface area contributed by atoms with Crippen molar-refractivity contribution in [2.45, 2.75) is 33.7 Å². The van der Waals surface area contributed by atoms with Crippen molar-refractivity contribution in [1.82, 2.24) is 0 Å². The van der Waals surface area contributed by atoms with Gasteiger partial charge in [0, 0.05) is 13.8 Å². The quantitative estimate of drug-likeness (QED) is 0.306. The zero-order chi connectivity index (χ0) is 7.44. The third-order valence-corrected chi connectivity index (χ3v) is 1.05. The van der Waals surface area contributed by atoms with E-state index in [9.17, 15) is 0 Å². The monoisotopic (exact) mass is 128 g/mol. The van der Waals surface area contributed by atoms with Crippen molar-refractivity contribution in [3.63, 3.8) is 0 Å². The SMILES string of the molecule is CC(C)=[N+](C)[N-]C(C)C. The van der Waals surface area contributed by atoms with Crippen LogP contribution in [0.1, 0.15) is 27.7 Å². The fourth-order valence-electron chi connectivity index (χ4n) is 0.462. The highest BCUT2D eigenvalue weighted by Gasteiger charge is 1.88. The van der Waals surface area contributed by atoms with Crippen molar-refractivity contribution in [3.05, 3.63) is 5.43 Å². The van der Waals surface area contributed by atoms with Gasteiger partial charge in [0.05, 0.1) is 0 Å². The minimum atomic E-state index is 0.393. The maximum atomic E-state index is 4.27. The molecule has 0 saturated carbocycles. The van der Waals surface area contributed by atoms with Crippen LogP contribution >= 0.6 is 0 Å². The van der Waals surface area contributed by atoms with Crippen LogP contribution < -0.4 is 0 Å². The van der Waals surface area contributed by atoms with E-state index in [2.05, 4.69) is 19.3 Å². The van der Waals surface area contributed by atoms with Crippen molar-refractivity contribution >= 4 is 5.71 Å². The van der Waals surface area contributed by atoms with Crippen LogP contribution in [0.25, 0.3) is 5.43 Å². The predicted octanol–water partition coefficient (Wildman–Crippen LogP) is 1.81. The standard InChI is InChI=1S/C7H16N2/c1-6(2)8-9(5)7(3)4/h6H,1-5H3. The van der Waals surface area contributed by atoms with Crippen LogP contribution in [0.2, 0.25) is 0 Å². The minimum absolute atomic E-state index is 0.393. The van der Waals surface area contributed by atoms with Gasteiger partial charge in [-0.05, 0) is 0 Å². The van der Waals surface area contributed by atoms with Crippen LogP contribution in [-0.4, -0.2) is 23.5 Å². The van der Waals surface area contributed by atoms with Crippen LogP contribution in [0, 0.1) is 0 Å². The van der Waals surface area contributed by atoms with Gasteiger partial charge in [-0.1, -0.05) is 19.9 Å². The normalized spacial score (nSPS) is 9.56. The summed E-state index contributed by atoms with van der Waals surface area (Å²) in [6.07, 6.45) is 0. The Hall–Kier alpha value is -0.530. The van der Waals surface area contributed by atoms with E-state index in [1.807, 2.05) is 25.6 Å². The topological polar surface area (TPSA) is 17.1 Å². The molecule has 0 fully saturated rings. The molecule has 0 spiro atoms. The molecule has 2 nitrogen and oxygen atoms in total. The summed E-state index contributed by atoms with van der Waals surface area (Å²) < 4.78 is 1.91. The van der Waals surface area contributed by atoms with E-state index < -0.39 is 0 Å². The molecule has 0 N–H and O–H groups in total. The van der Waals surface area contributed by atoms with Gasteiger partial charge in [0.1, 0.15) is 12.8 Å². The second-order valence-corrected chi connectivity index (χ2v) is 2.68. The lowest BCUT2D eigenvalue weighted by atomic mass is 10.4. The average Bonchev–Trinajstić information content (AvgIpc) is 1.63. The Bertz CT molecular complexity index is 110. The smallest absolute Gasteiger partial charge is 0.141 e. The first-order valence-electron chi connectivity index (χ1n) is 3.28. The van der Waals surface area contributed by atoms with Gasteiger partial charge < -0.3 is 5.43 Å². The molecule has 0 aromatic heterocycles. The number of nitrogens with zero attached hydrogens (tertiary/aromatic N) is 2. The van der Waals surface area contributed by atoms with Gasteiger partial charge in [0.2, 0.25) is 0 Å². The van der Waals surface area contributed by atoms with Gasteiger partial charge in [-0.3, -0.25) is 4.68 Å². The summed E-state index contributed by atoms with van der Waals surface area (Å²) in [6, 6.07) is 0.393. The zero-order valence-electron chi connectivity index (χ0n) is 6.97. The van der Waals surface area contributed by atoms with Crippen molar-refractivity contribution in [1.29, 1.82) is 0 Å². The Morgan fingerprint density at radius 1 is 1.33 bits per heavy atom. The van der Waals surface area contributed by atoms with E-state index in [0.717, 1.165) is 0 Å². The summed E-state index contributed by atoms with van der Waals surface area (Å²) in [6.45, 7) is 8.23. The lowest BCUT2D eigenvalue weighted by molar-refractivity contribution is -0.449. The molecule has 0 aliphatic rings. The molecule has 0 amide bonds. The van der Waals surface area contributed by atoms with Gasteiger partial charge in [0.25, 0.3) is 0 Å². The maximum Gasteiger partial charge on any atom is 0.141 e. The first-order valence-corrected chi connectivity index (χ1v) is 3.28. The van der Waals surface area contributed by atoms with Crippen LogP contribution in [-0.2, 0) is 0 Å². The molecular weight excluding hydrogens is 112 g/mol. The molecule has 0 aliphatic heterocycles.